The molecule has 1 unspecified atom stereocenters. The standard InChI is InChI=1S/C21H25ClN2O2.C5H11NO2/c1-12(2)6-13(3)11-26-20-9-17-15(8-18(20)22)16-7-14(4)23-10-19(16)24(5)21(17)25;1-5(2,3)8-4(6)7/h7-10,12-13H,6,11H2,1-5H3;1-3H3,(H2,6,7). The van der Waals surface area contributed by atoms with E-state index in [4.69, 9.17) is 22.1 Å². The van der Waals surface area contributed by atoms with Crippen molar-refractivity contribution >= 4 is 39.4 Å². The first-order valence-corrected chi connectivity index (χ1v) is 11.8. The molecule has 2 heterocycles. The summed E-state index contributed by atoms with van der Waals surface area (Å²) in [6.07, 6.45) is 2.10. The molecule has 0 saturated carbocycles. The molecule has 1 atom stereocenters. The molecule has 0 bridgehead atoms. The van der Waals surface area contributed by atoms with E-state index in [0.29, 0.717) is 34.6 Å². The molecule has 2 N–H and O–H groups in total. The number of carbonyl (C=O) groups excluding carboxylic acids is 1. The van der Waals surface area contributed by atoms with Crippen LogP contribution in [0.25, 0.3) is 21.7 Å². The van der Waals surface area contributed by atoms with E-state index in [9.17, 15) is 9.59 Å². The first-order chi connectivity index (χ1) is 15.7. The molecule has 3 aromatic rings. The topological polar surface area (TPSA) is 96.4 Å². The highest BCUT2D eigenvalue weighted by Crippen LogP contribution is 2.33. The highest BCUT2D eigenvalue weighted by molar-refractivity contribution is 6.33. The summed E-state index contributed by atoms with van der Waals surface area (Å²) < 4.78 is 12.2. The number of aryl methyl sites for hydroxylation is 2. The summed E-state index contributed by atoms with van der Waals surface area (Å²) in [4.78, 5) is 27.1. The Morgan fingerprint density at radius 3 is 2.32 bits per heavy atom. The predicted octanol–water partition coefficient (Wildman–Crippen LogP) is 5.99. The summed E-state index contributed by atoms with van der Waals surface area (Å²) in [7, 11) is 1.76. The van der Waals surface area contributed by atoms with Crippen LogP contribution in [0.5, 0.6) is 5.75 Å². The second-order valence-electron chi connectivity index (χ2n) is 10.1. The van der Waals surface area contributed by atoms with Gasteiger partial charge in [0, 0.05) is 18.1 Å². The van der Waals surface area contributed by atoms with Crippen molar-refractivity contribution in [2.75, 3.05) is 6.61 Å². The van der Waals surface area contributed by atoms with Crippen LogP contribution >= 0.6 is 11.6 Å². The van der Waals surface area contributed by atoms with Crippen molar-refractivity contribution in [2.24, 2.45) is 24.6 Å². The summed E-state index contributed by atoms with van der Waals surface area (Å²) in [6, 6.07) is 5.60. The maximum absolute atomic E-state index is 12.8. The first-order valence-electron chi connectivity index (χ1n) is 11.4. The van der Waals surface area contributed by atoms with E-state index in [1.165, 1.54) is 0 Å². The van der Waals surface area contributed by atoms with Crippen molar-refractivity contribution in [3.8, 4) is 5.75 Å². The minimum atomic E-state index is -0.725. The molecule has 34 heavy (non-hydrogen) atoms. The Kier molecular flexibility index (Phi) is 8.95. The number of benzene rings is 1. The van der Waals surface area contributed by atoms with Gasteiger partial charge in [0.1, 0.15) is 11.4 Å². The van der Waals surface area contributed by atoms with Crippen LogP contribution < -0.4 is 16.0 Å². The van der Waals surface area contributed by atoms with Gasteiger partial charge >= 0.3 is 6.09 Å². The fraction of sp³-hybridized carbons (Fsp3) is 0.500. The summed E-state index contributed by atoms with van der Waals surface area (Å²) >= 11 is 6.48. The molecular weight excluding hydrogens is 454 g/mol. The number of hydrogen-bond donors (Lipinski definition) is 1. The number of fused-ring (bicyclic) bond motifs is 3. The molecule has 3 rings (SSSR count). The van der Waals surface area contributed by atoms with Gasteiger partial charge in [-0.3, -0.25) is 9.78 Å². The van der Waals surface area contributed by atoms with Gasteiger partial charge < -0.3 is 19.8 Å². The number of pyridine rings is 2. The highest BCUT2D eigenvalue weighted by Gasteiger charge is 2.15. The van der Waals surface area contributed by atoms with Crippen molar-refractivity contribution in [2.45, 2.75) is 60.5 Å². The Hall–Kier alpha value is -2.80. The molecular formula is C26H36ClN3O4. The second kappa shape index (κ2) is 11.1. The number of hydrogen-bond acceptors (Lipinski definition) is 5. The molecule has 8 heteroatoms. The molecule has 0 aliphatic carbocycles. The SMILES string of the molecule is CC(C)(C)OC(N)=O.Cc1cc2c3cc(Cl)c(OCC(C)CC(C)C)cc3c(=O)n(C)c2cn1. The number of amides is 1. The molecule has 0 saturated heterocycles. The maximum atomic E-state index is 12.8. The molecule has 1 amide bonds. The van der Waals surface area contributed by atoms with Crippen LogP contribution in [0.2, 0.25) is 5.02 Å². The van der Waals surface area contributed by atoms with Gasteiger partial charge in [-0.05, 0) is 69.5 Å². The molecule has 0 radical (unpaired) electrons. The van der Waals surface area contributed by atoms with Gasteiger partial charge in [-0.2, -0.15) is 0 Å². The van der Waals surface area contributed by atoms with E-state index in [2.05, 4.69) is 30.5 Å². The van der Waals surface area contributed by atoms with Crippen LogP contribution in [-0.2, 0) is 11.8 Å². The number of ether oxygens (including phenoxy) is 2. The minimum Gasteiger partial charge on any atom is -0.492 e. The molecule has 186 valence electrons. The summed E-state index contributed by atoms with van der Waals surface area (Å²) in [5, 5.41) is 2.94. The first kappa shape index (κ1) is 27.4. The third-order valence-corrected chi connectivity index (χ3v) is 5.38. The van der Waals surface area contributed by atoms with E-state index >= 15 is 0 Å². The van der Waals surface area contributed by atoms with Crippen molar-refractivity contribution in [3.63, 3.8) is 0 Å². The zero-order chi connectivity index (χ0) is 25.8. The van der Waals surface area contributed by atoms with Crippen LogP contribution in [-0.4, -0.2) is 27.9 Å². The average molecular weight is 490 g/mol. The molecule has 0 spiro atoms. The van der Waals surface area contributed by atoms with Gasteiger partial charge in [-0.25, -0.2) is 4.79 Å². The number of halogens is 1. The number of rotatable bonds is 5. The van der Waals surface area contributed by atoms with Crippen molar-refractivity contribution in [1.82, 2.24) is 9.55 Å². The summed E-state index contributed by atoms with van der Waals surface area (Å²) in [5.74, 6) is 1.61. The van der Waals surface area contributed by atoms with E-state index < -0.39 is 11.7 Å². The fourth-order valence-corrected chi connectivity index (χ4v) is 4.01. The minimum absolute atomic E-state index is 0.0742. The Balaban J connectivity index is 0.000000440. The zero-order valence-electron chi connectivity index (χ0n) is 21.4. The zero-order valence-corrected chi connectivity index (χ0v) is 22.1. The maximum Gasteiger partial charge on any atom is 0.405 e. The molecule has 2 aromatic heterocycles. The Labute approximate surface area is 206 Å². The van der Waals surface area contributed by atoms with Crippen LogP contribution in [0.1, 0.15) is 53.7 Å². The fourth-order valence-electron chi connectivity index (χ4n) is 3.80. The third kappa shape index (κ3) is 7.35. The third-order valence-electron chi connectivity index (χ3n) is 5.08. The van der Waals surface area contributed by atoms with Gasteiger partial charge in [-0.15, -0.1) is 0 Å². The number of nitrogens with zero attached hydrogens (tertiary/aromatic N) is 2. The second-order valence-corrected chi connectivity index (χ2v) is 10.5. The molecule has 0 aliphatic heterocycles. The lowest BCUT2D eigenvalue weighted by Crippen LogP contribution is -2.27. The lowest BCUT2D eigenvalue weighted by Gasteiger charge is -2.17. The number of carbonyl (C=O) groups is 1. The molecule has 0 fully saturated rings. The van der Waals surface area contributed by atoms with Crippen LogP contribution in [0.3, 0.4) is 0 Å². The normalized spacial score (nSPS) is 12.4. The van der Waals surface area contributed by atoms with E-state index in [0.717, 1.165) is 28.4 Å². The molecule has 0 aliphatic rings. The van der Waals surface area contributed by atoms with Gasteiger partial charge in [0.15, 0.2) is 0 Å². The lowest BCUT2D eigenvalue weighted by atomic mass is 10.00. The Morgan fingerprint density at radius 1 is 1.15 bits per heavy atom. The van der Waals surface area contributed by atoms with Gasteiger partial charge in [0.25, 0.3) is 5.56 Å². The van der Waals surface area contributed by atoms with Gasteiger partial charge in [0.2, 0.25) is 0 Å². The van der Waals surface area contributed by atoms with Crippen molar-refractivity contribution in [1.29, 1.82) is 0 Å². The Bertz CT molecular complexity index is 1230. The summed E-state index contributed by atoms with van der Waals surface area (Å²) in [6.45, 7) is 14.4. The molecule has 7 nitrogen and oxygen atoms in total. The quantitative estimate of drug-likeness (QED) is 0.444. The van der Waals surface area contributed by atoms with Crippen LogP contribution in [0.4, 0.5) is 4.79 Å². The lowest BCUT2D eigenvalue weighted by molar-refractivity contribution is 0.0600. The molecule has 1 aromatic carbocycles. The Morgan fingerprint density at radius 2 is 1.79 bits per heavy atom. The van der Waals surface area contributed by atoms with Crippen molar-refractivity contribution < 1.29 is 14.3 Å². The largest absolute Gasteiger partial charge is 0.492 e. The number of primary amides is 1. The van der Waals surface area contributed by atoms with Crippen LogP contribution in [0.15, 0.2) is 29.2 Å². The number of nitrogens with two attached hydrogens (primary N) is 1. The van der Waals surface area contributed by atoms with Gasteiger partial charge in [-0.1, -0.05) is 32.4 Å². The van der Waals surface area contributed by atoms with Gasteiger partial charge in [0.05, 0.1) is 28.7 Å². The van der Waals surface area contributed by atoms with E-state index in [1.54, 1.807) is 44.6 Å². The van der Waals surface area contributed by atoms with Crippen molar-refractivity contribution in [3.05, 3.63) is 45.5 Å². The van der Waals surface area contributed by atoms with E-state index in [-0.39, 0.29) is 5.56 Å². The van der Waals surface area contributed by atoms with Crippen LogP contribution in [0, 0.1) is 18.8 Å². The monoisotopic (exact) mass is 489 g/mol. The summed E-state index contributed by atoms with van der Waals surface area (Å²) in [5.41, 5.74) is 5.88. The highest BCUT2D eigenvalue weighted by atomic mass is 35.5. The number of aromatic nitrogens is 2. The smallest absolute Gasteiger partial charge is 0.405 e. The predicted molar refractivity (Wildman–Crippen MR) is 139 cm³/mol. The average Bonchev–Trinajstić information content (AvgIpc) is 2.69. The van der Waals surface area contributed by atoms with E-state index in [1.807, 2.05) is 19.1 Å².